The van der Waals surface area contributed by atoms with Gasteiger partial charge in [-0.15, -0.1) is 0 Å². The first-order chi connectivity index (χ1) is 9.00. The van der Waals surface area contributed by atoms with E-state index in [0.717, 1.165) is 29.9 Å². The fourth-order valence-electron chi connectivity index (χ4n) is 1.74. The van der Waals surface area contributed by atoms with E-state index in [1.54, 1.807) is 6.92 Å². The first-order valence-corrected chi connectivity index (χ1v) is 7.00. The van der Waals surface area contributed by atoms with Crippen LogP contribution in [0.25, 0.3) is 0 Å². The zero-order valence-electron chi connectivity index (χ0n) is 12.5. The van der Waals surface area contributed by atoms with Gasteiger partial charge in [-0.3, -0.25) is 0 Å². The molecule has 1 aromatic rings. The Hall–Kier alpha value is -1.06. The van der Waals surface area contributed by atoms with Crippen LogP contribution in [-0.4, -0.2) is 24.9 Å². The van der Waals surface area contributed by atoms with Gasteiger partial charge in [-0.1, -0.05) is 26.0 Å². The highest BCUT2D eigenvalue weighted by Crippen LogP contribution is 2.26. The second-order valence-electron chi connectivity index (χ2n) is 5.36. The van der Waals surface area contributed by atoms with Crippen LogP contribution in [0.4, 0.5) is 0 Å². The van der Waals surface area contributed by atoms with E-state index in [1.807, 2.05) is 25.1 Å². The number of hydrogen-bond donors (Lipinski definition) is 1. The van der Waals surface area contributed by atoms with Crippen molar-refractivity contribution >= 4 is 0 Å². The van der Waals surface area contributed by atoms with Crippen LogP contribution in [0.3, 0.4) is 0 Å². The minimum Gasteiger partial charge on any atom is -0.491 e. The highest BCUT2D eigenvalue weighted by Gasteiger charge is 2.09. The number of aliphatic hydroxyl groups is 1. The Bertz CT molecular complexity index is 372. The van der Waals surface area contributed by atoms with E-state index < -0.39 is 6.10 Å². The summed E-state index contributed by atoms with van der Waals surface area (Å²) in [5, 5.41) is 9.69. The fraction of sp³-hybridized carbons (Fsp3) is 0.625. The summed E-state index contributed by atoms with van der Waals surface area (Å²) in [5.74, 6) is 1.42. The van der Waals surface area contributed by atoms with Gasteiger partial charge in [-0.25, -0.2) is 0 Å². The number of ether oxygens (including phenoxy) is 2. The van der Waals surface area contributed by atoms with Gasteiger partial charge >= 0.3 is 0 Å². The maximum atomic E-state index is 9.69. The minimum absolute atomic E-state index is 0.515. The van der Waals surface area contributed by atoms with Crippen molar-refractivity contribution in [2.75, 3.05) is 19.8 Å². The molecule has 0 aromatic heterocycles. The predicted octanol–water partition coefficient (Wildman–Crippen LogP) is 3.49. The zero-order valence-corrected chi connectivity index (χ0v) is 12.5. The van der Waals surface area contributed by atoms with E-state index >= 15 is 0 Å². The summed E-state index contributed by atoms with van der Waals surface area (Å²) in [7, 11) is 0. The average molecular weight is 266 g/mol. The van der Waals surface area contributed by atoms with Crippen molar-refractivity contribution < 1.29 is 14.6 Å². The Kier molecular flexibility index (Phi) is 6.89. The molecule has 0 aliphatic heterocycles. The summed E-state index contributed by atoms with van der Waals surface area (Å²) >= 11 is 0. The summed E-state index contributed by atoms with van der Waals surface area (Å²) in [6.45, 7) is 10.00. The average Bonchev–Trinajstić information content (AvgIpc) is 2.33. The smallest absolute Gasteiger partial charge is 0.125 e. The molecule has 1 rings (SSSR count). The lowest BCUT2D eigenvalue weighted by Crippen LogP contribution is -2.10. The van der Waals surface area contributed by atoms with Crippen LogP contribution in [0.15, 0.2) is 18.2 Å². The van der Waals surface area contributed by atoms with Crippen LogP contribution in [0.2, 0.25) is 0 Å². The van der Waals surface area contributed by atoms with Crippen LogP contribution in [0.1, 0.15) is 44.4 Å². The molecule has 0 radical (unpaired) electrons. The third-order valence-corrected chi connectivity index (χ3v) is 2.94. The van der Waals surface area contributed by atoms with Gasteiger partial charge in [0, 0.05) is 12.2 Å². The number of hydrogen-bond acceptors (Lipinski definition) is 3. The Morgan fingerprint density at radius 2 is 1.84 bits per heavy atom. The van der Waals surface area contributed by atoms with Crippen molar-refractivity contribution in [3.63, 3.8) is 0 Å². The SMILES string of the molecule is Cc1ccc([C@H](C)O)c(OCCOCCC(C)C)c1. The standard InChI is InChI=1S/C16H26O3/c1-12(2)7-8-18-9-10-19-16-11-13(3)5-6-15(16)14(4)17/h5-6,11-12,14,17H,7-10H2,1-4H3/t14-/m0/s1. The van der Waals surface area contributed by atoms with Crippen LogP contribution in [-0.2, 0) is 4.74 Å². The molecule has 0 amide bonds. The molecule has 0 saturated carbocycles. The van der Waals surface area contributed by atoms with Gasteiger partial charge in [0.15, 0.2) is 0 Å². The Balaban J connectivity index is 2.38. The van der Waals surface area contributed by atoms with Gasteiger partial charge in [-0.05, 0) is 37.8 Å². The molecule has 0 aliphatic carbocycles. The molecule has 0 bridgehead atoms. The van der Waals surface area contributed by atoms with Crippen LogP contribution in [0, 0.1) is 12.8 Å². The quantitative estimate of drug-likeness (QED) is 0.732. The summed E-state index contributed by atoms with van der Waals surface area (Å²) in [4.78, 5) is 0. The topological polar surface area (TPSA) is 38.7 Å². The van der Waals surface area contributed by atoms with Crippen molar-refractivity contribution in [1.29, 1.82) is 0 Å². The van der Waals surface area contributed by atoms with E-state index in [2.05, 4.69) is 13.8 Å². The van der Waals surface area contributed by atoms with E-state index in [9.17, 15) is 5.11 Å². The van der Waals surface area contributed by atoms with Crippen LogP contribution in [0.5, 0.6) is 5.75 Å². The fourth-order valence-corrected chi connectivity index (χ4v) is 1.74. The molecule has 0 heterocycles. The number of rotatable bonds is 8. The molecule has 1 N–H and O–H groups in total. The van der Waals surface area contributed by atoms with Gasteiger partial charge in [0.05, 0.1) is 12.7 Å². The molecule has 0 spiro atoms. The second-order valence-corrected chi connectivity index (χ2v) is 5.36. The molecule has 0 aliphatic rings. The number of aliphatic hydroxyl groups excluding tert-OH is 1. The third kappa shape index (κ3) is 6.08. The lowest BCUT2D eigenvalue weighted by atomic mass is 10.1. The van der Waals surface area contributed by atoms with E-state index in [4.69, 9.17) is 9.47 Å². The molecule has 1 aromatic carbocycles. The van der Waals surface area contributed by atoms with Gasteiger partial charge in [0.25, 0.3) is 0 Å². The molecule has 0 fully saturated rings. The molecule has 108 valence electrons. The van der Waals surface area contributed by atoms with Gasteiger partial charge in [0.2, 0.25) is 0 Å². The first kappa shape index (κ1) is 16.0. The summed E-state index contributed by atoms with van der Waals surface area (Å²) in [5.41, 5.74) is 1.95. The van der Waals surface area contributed by atoms with Crippen molar-refractivity contribution in [2.45, 2.75) is 40.2 Å². The molecule has 1 atom stereocenters. The van der Waals surface area contributed by atoms with Crippen molar-refractivity contribution in [3.05, 3.63) is 29.3 Å². The summed E-state index contributed by atoms with van der Waals surface area (Å²) in [6.07, 6.45) is 0.557. The van der Waals surface area contributed by atoms with Gasteiger partial charge in [-0.2, -0.15) is 0 Å². The maximum Gasteiger partial charge on any atom is 0.125 e. The Labute approximate surface area is 116 Å². The lowest BCUT2D eigenvalue weighted by molar-refractivity contribution is 0.0909. The molecule has 3 heteroatoms. The van der Waals surface area contributed by atoms with E-state index in [0.29, 0.717) is 19.1 Å². The second kappa shape index (κ2) is 8.18. The molecule has 0 saturated heterocycles. The maximum absolute atomic E-state index is 9.69. The summed E-state index contributed by atoms with van der Waals surface area (Å²) in [6, 6.07) is 5.85. The predicted molar refractivity (Wildman–Crippen MR) is 77.6 cm³/mol. The highest BCUT2D eigenvalue weighted by atomic mass is 16.5. The normalized spacial score (nSPS) is 12.7. The van der Waals surface area contributed by atoms with Gasteiger partial charge < -0.3 is 14.6 Å². The van der Waals surface area contributed by atoms with E-state index in [1.165, 1.54) is 0 Å². The number of benzene rings is 1. The highest BCUT2D eigenvalue weighted by molar-refractivity contribution is 5.38. The molecular formula is C16H26O3. The molecule has 0 unspecified atom stereocenters. The first-order valence-electron chi connectivity index (χ1n) is 7.00. The molecule has 19 heavy (non-hydrogen) atoms. The van der Waals surface area contributed by atoms with E-state index in [-0.39, 0.29) is 0 Å². The van der Waals surface area contributed by atoms with Crippen LogP contribution < -0.4 is 4.74 Å². The third-order valence-electron chi connectivity index (χ3n) is 2.94. The largest absolute Gasteiger partial charge is 0.491 e. The van der Waals surface area contributed by atoms with Gasteiger partial charge in [0.1, 0.15) is 12.4 Å². The zero-order chi connectivity index (χ0) is 14.3. The number of aryl methyl sites for hydroxylation is 1. The lowest BCUT2D eigenvalue weighted by Gasteiger charge is -2.14. The van der Waals surface area contributed by atoms with Crippen molar-refractivity contribution in [1.82, 2.24) is 0 Å². The van der Waals surface area contributed by atoms with Crippen molar-refractivity contribution in [2.24, 2.45) is 5.92 Å². The molecular weight excluding hydrogens is 240 g/mol. The van der Waals surface area contributed by atoms with Crippen molar-refractivity contribution in [3.8, 4) is 5.75 Å². The monoisotopic (exact) mass is 266 g/mol. The summed E-state index contributed by atoms with van der Waals surface area (Å²) < 4.78 is 11.2. The van der Waals surface area contributed by atoms with Crippen LogP contribution >= 0.6 is 0 Å². The Morgan fingerprint density at radius 1 is 1.11 bits per heavy atom. The minimum atomic E-state index is -0.516. The Morgan fingerprint density at radius 3 is 2.47 bits per heavy atom. The molecule has 3 nitrogen and oxygen atoms in total.